The molecule has 3 aromatic rings. The Morgan fingerprint density at radius 2 is 2.24 bits per heavy atom. The fourth-order valence-corrected chi connectivity index (χ4v) is 3.56. The Hall–Kier alpha value is -2.41. The average molecular weight is 357 g/mol. The standard InChI is InChI=1S/C18H23N5OS/c1-13(2)17-19-8-10-23(17)9-5-7-20-18(24)14-12-15(22(3)21-14)16-6-4-11-25-16/h4,6,8,10-13H,5,7,9H2,1-3H3,(H,20,24). The van der Waals surface area contributed by atoms with E-state index in [1.807, 2.05) is 43.0 Å². The van der Waals surface area contributed by atoms with Crippen LogP contribution in [0.1, 0.15) is 42.5 Å². The van der Waals surface area contributed by atoms with Gasteiger partial charge in [0.15, 0.2) is 5.69 Å². The number of aromatic nitrogens is 4. The van der Waals surface area contributed by atoms with Gasteiger partial charge in [0.2, 0.25) is 0 Å². The smallest absolute Gasteiger partial charge is 0.271 e. The number of rotatable bonds is 7. The molecule has 7 heteroatoms. The molecule has 0 aromatic carbocycles. The van der Waals surface area contributed by atoms with Gasteiger partial charge < -0.3 is 9.88 Å². The number of amides is 1. The molecule has 0 unspecified atom stereocenters. The summed E-state index contributed by atoms with van der Waals surface area (Å²) in [5.74, 6) is 1.35. The molecule has 3 heterocycles. The lowest BCUT2D eigenvalue weighted by atomic mass is 10.2. The molecule has 0 aliphatic carbocycles. The molecule has 1 N–H and O–H groups in total. The SMILES string of the molecule is CC(C)c1nccn1CCCNC(=O)c1cc(-c2cccs2)n(C)n1. The Kier molecular flexibility index (Phi) is 5.33. The van der Waals surface area contributed by atoms with Gasteiger partial charge in [-0.2, -0.15) is 5.10 Å². The lowest BCUT2D eigenvalue weighted by Gasteiger charge is -2.10. The van der Waals surface area contributed by atoms with Crippen LogP contribution in [0.25, 0.3) is 10.6 Å². The first-order valence-electron chi connectivity index (χ1n) is 8.43. The maximum Gasteiger partial charge on any atom is 0.271 e. The number of thiophene rings is 1. The molecule has 3 rings (SSSR count). The van der Waals surface area contributed by atoms with Gasteiger partial charge in [0.25, 0.3) is 5.91 Å². The minimum absolute atomic E-state index is 0.131. The van der Waals surface area contributed by atoms with E-state index in [2.05, 4.69) is 33.8 Å². The van der Waals surface area contributed by atoms with Crippen LogP contribution in [0.4, 0.5) is 0 Å². The van der Waals surface area contributed by atoms with Crippen LogP contribution in [0.5, 0.6) is 0 Å². The lowest BCUT2D eigenvalue weighted by Crippen LogP contribution is -2.26. The van der Waals surface area contributed by atoms with Crippen LogP contribution in [0, 0.1) is 0 Å². The Balaban J connectivity index is 1.53. The van der Waals surface area contributed by atoms with E-state index in [0.29, 0.717) is 18.2 Å². The topological polar surface area (TPSA) is 64.7 Å². The van der Waals surface area contributed by atoms with Gasteiger partial charge in [0.05, 0.1) is 10.6 Å². The number of imidazole rings is 1. The van der Waals surface area contributed by atoms with Crippen molar-refractivity contribution in [2.45, 2.75) is 32.7 Å². The summed E-state index contributed by atoms with van der Waals surface area (Å²) in [5.41, 5.74) is 1.41. The molecule has 0 aliphatic rings. The molecule has 0 saturated heterocycles. The first kappa shape index (κ1) is 17.4. The summed E-state index contributed by atoms with van der Waals surface area (Å²) < 4.78 is 3.90. The molecule has 0 fully saturated rings. The van der Waals surface area contributed by atoms with Crippen molar-refractivity contribution in [3.05, 3.63) is 47.5 Å². The molecular weight excluding hydrogens is 334 g/mol. The van der Waals surface area contributed by atoms with E-state index in [-0.39, 0.29) is 5.91 Å². The molecule has 0 spiro atoms. The highest BCUT2D eigenvalue weighted by Crippen LogP contribution is 2.24. The zero-order valence-corrected chi connectivity index (χ0v) is 15.6. The Morgan fingerprint density at radius 1 is 1.40 bits per heavy atom. The zero-order chi connectivity index (χ0) is 17.8. The van der Waals surface area contributed by atoms with Crippen LogP contribution < -0.4 is 5.32 Å². The van der Waals surface area contributed by atoms with E-state index in [4.69, 9.17) is 0 Å². The van der Waals surface area contributed by atoms with Crippen molar-refractivity contribution in [2.24, 2.45) is 7.05 Å². The number of hydrogen-bond donors (Lipinski definition) is 1. The van der Waals surface area contributed by atoms with Gasteiger partial charge in [0, 0.05) is 38.4 Å². The molecule has 6 nitrogen and oxygen atoms in total. The van der Waals surface area contributed by atoms with Crippen molar-refractivity contribution < 1.29 is 4.79 Å². The van der Waals surface area contributed by atoms with Gasteiger partial charge in [-0.05, 0) is 23.9 Å². The summed E-state index contributed by atoms with van der Waals surface area (Å²) in [6, 6.07) is 5.86. The van der Waals surface area contributed by atoms with E-state index < -0.39 is 0 Å². The third kappa shape index (κ3) is 3.99. The highest BCUT2D eigenvalue weighted by atomic mass is 32.1. The second-order valence-corrected chi connectivity index (χ2v) is 7.21. The van der Waals surface area contributed by atoms with Crippen molar-refractivity contribution >= 4 is 17.2 Å². The van der Waals surface area contributed by atoms with Gasteiger partial charge in [-0.25, -0.2) is 4.98 Å². The Bertz CT molecular complexity index is 832. The number of carbonyl (C=O) groups excluding carboxylic acids is 1. The zero-order valence-electron chi connectivity index (χ0n) is 14.8. The minimum Gasteiger partial charge on any atom is -0.351 e. The number of hydrogen-bond acceptors (Lipinski definition) is 4. The van der Waals surface area contributed by atoms with Crippen molar-refractivity contribution in [3.63, 3.8) is 0 Å². The molecule has 1 amide bonds. The third-order valence-electron chi connectivity index (χ3n) is 4.01. The van der Waals surface area contributed by atoms with Gasteiger partial charge in [0.1, 0.15) is 5.82 Å². The van der Waals surface area contributed by atoms with E-state index >= 15 is 0 Å². The molecule has 132 valence electrons. The van der Waals surface area contributed by atoms with Gasteiger partial charge >= 0.3 is 0 Å². The molecule has 0 atom stereocenters. The highest BCUT2D eigenvalue weighted by Gasteiger charge is 2.14. The third-order valence-corrected chi connectivity index (χ3v) is 4.90. The first-order valence-corrected chi connectivity index (χ1v) is 9.31. The number of aryl methyl sites for hydroxylation is 2. The van der Waals surface area contributed by atoms with Crippen LogP contribution in [0.2, 0.25) is 0 Å². The summed E-state index contributed by atoms with van der Waals surface area (Å²) in [6.45, 7) is 5.72. The van der Waals surface area contributed by atoms with Crippen LogP contribution in [0.15, 0.2) is 36.0 Å². The highest BCUT2D eigenvalue weighted by molar-refractivity contribution is 7.13. The Labute approximate surface area is 151 Å². The quantitative estimate of drug-likeness (QED) is 0.660. The minimum atomic E-state index is -0.131. The summed E-state index contributed by atoms with van der Waals surface area (Å²) in [6.07, 6.45) is 4.67. The van der Waals surface area contributed by atoms with Crippen molar-refractivity contribution in [1.82, 2.24) is 24.6 Å². The summed E-state index contributed by atoms with van der Waals surface area (Å²) >= 11 is 1.64. The summed E-state index contributed by atoms with van der Waals surface area (Å²) in [7, 11) is 1.86. The second-order valence-electron chi connectivity index (χ2n) is 6.26. The van der Waals surface area contributed by atoms with Crippen LogP contribution in [0.3, 0.4) is 0 Å². The fourth-order valence-electron chi connectivity index (χ4n) is 2.79. The molecule has 0 radical (unpaired) electrons. The fraction of sp³-hybridized carbons (Fsp3) is 0.389. The van der Waals surface area contributed by atoms with E-state index in [9.17, 15) is 4.79 Å². The predicted octanol–water partition coefficient (Wildman–Crippen LogP) is 3.29. The van der Waals surface area contributed by atoms with Crippen molar-refractivity contribution in [3.8, 4) is 10.6 Å². The molecule has 3 aromatic heterocycles. The average Bonchev–Trinajstić information content (AvgIpc) is 3.31. The van der Waals surface area contributed by atoms with Gasteiger partial charge in [-0.1, -0.05) is 19.9 Å². The maximum atomic E-state index is 12.3. The van der Waals surface area contributed by atoms with Gasteiger partial charge in [-0.15, -0.1) is 11.3 Å². The second kappa shape index (κ2) is 7.65. The van der Waals surface area contributed by atoms with Gasteiger partial charge in [-0.3, -0.25) is 9.48 Å². The molecule has 25 heavy (non-hydrogen) atoms. The largest absolute Gasteiger partial charge is 0.351 e. The Morgan fingerprint density at radius 3 is 2.96 bits per heavy atom. The van der Waals surface area contributed by atoms with E-state index in [1.54, 1.807) is 16.0 Å². The summed E-state index contributed by atoms with van der Waals surface area (Å²) in [4.78, 5) is 17.8. The van der Waals surface area contributed by atoms with Crippen molar-refractivity contribution in [1.29, 1.82) is 0 Å². The van der Waals surface area contributed by atoms with Crippen LogP contribution in [-0.4, -0.2) is 31.8 Å². The first-order chi connectivity index (χ1) is 12.1. The molecule has 0 bridgehead atoms. The summed E-state index contributed by atoms with van der Waals surface area (Å²) in [5, 5.41) is 9.30. The van der Waals surface area contributed by atoms with E-state index in [0.717, 1.165) is 29.4 Å². The van der Waals surface area contributed by atoms with Crippen LogP contribution in [-0.2, 0) is 13.6 Å². The monoisotopic (exact) mass is 357 g/mol. The maximum absolute atomic E-state index is 12.3. The lowest BCUT2D eigenvalue weighted by molar-refractivity contribution is 0.0947. The predicted molar refractivity (Wildman–Crippen MR) is 99.8 cm³/mol. The molecule has 0 saturated carbocycles. The van der Waals surface area contributed by atoms with Crippen molar-refractivity contribution in [2.75, 3.05) is 6.54 Å². The normalized spacial score (nSPS) is 11.2. The molecular formula is C18H23N5OS. The number of nitrogens with one attached hydrogen (secondary N) is 1. The van der Waals surface area contributed by atoms with Crippen LogP contribution >= 0.6 is 11.3 Å². The number of carbonyl (C=O) groups is 1. The molecule has 0 aliphatic heterocycles. The van der Waals surface area contributed by atoms with E-state index in [1.165, 1.54) is 0 Å². The number of nitrogens with zero attached hydrogens (tertiary/aromatic N) is 4.